The van der Waals surface area contributed by atoms with Gasteiger partial charge in [0.2, 0.25) is 0 Å². The SMILES string of the molecule is CC1(c2cccs2)NC(=O)N(Cc2ccc(Cl)cc2)C1=O. The van der Waals surface area contributed by atoms with Crippen LogP contribution in [0.5, 0.6) is 0 Å². The summed E-state index contributed by atoms with van der Waals surface area (Å²) >= 11 is 7.30. The van der Waals surface area contributed by atoms with Crippen LogP contribution in [-0.4, -0.2) is 16.8 Å². The number of urea groups is 1. The van der Waals surface area contributed by atoms with Crippen LogP contribution in [-0.2, 0) is 16.9 Å². The Kier molecular flexibility index (Phi) is 3.47. The largest absolute Gasteiger partial charge is 0.325 e. The van der Waals surface area contributed by atoms with E-state index < -0.39 is 5.54 Å². The zero-order chi connectivity index (χ0) is 15.0. The first-order chi connectivity index (χ1) is 10.0. The number of nitrogens with one attached hydrogen (secondary N) is 1. The molecule has 1 saturated heterocycles. The summed E-state index contributed by atoms with van der Waals surface area (Å²) in [5, 5.41) is 5.30. The average Bonchev–Trinajstić information content (AvgIpc) is 3.06. The lowest BCUT2D eigenvalue weighted by molar-refractivity contribution is -0.131. The lowest BCUT2D eigenvalue weighted by Crippen LogP contribution is -2.40. The molecule has 2 heterocycles. The molecule has 2 aromatic rings. The number of thiophene rings is 1. The topological polar surface area (TPSA) is 49.4 Å². The third-order valence-electron chi connectivity index (χ3n) is 3.54. The minimum atomic E-state index is -0.975. The molecule has 1 aromatic heterocycles. The number of carbonyl (C=O) groups excluding carboxylic acids is 2. The number of imide groups is 1. The molecule has 6 heteroatoms. The summed E-state index contributed by atoms with van der Waals surface area (Å²) in [6.45, 7) is 1.98. The second-order valence-electron chi connectivity index (χ2n) is 5.05. The van der Waals surface area contributed by atoms with Crippen molar-refractivity contribution in [1.82, 2.24) is 10.2 Å². The summed E-state index contributed by atoms with van der Waals surface area (Å²) in [6, 6.07) is 10.5. The van der Waals surface area contributed by atoms with Crippen molar-refractivity contribution in [3.63, 3.8) is 0 Å². The second kappa shape index (κ2) is 5.16. The van der Waals surface area contributed by atoms with Gasteiger partial charge in [-0.25, -0.2) is 4.79 Å². The van der Waals surface area contributed by atoms with E-state index in [2.05, 4.69) is 5.32 Å². The van der Waals surface area contributed by atoms with Gasteiger partial charge in [-0.2, -0.15) is 0 Å². The van der Waals surface area contributed by atoms with Gasteiger partial charge in [0, 0.05) is 9.90 Å². The Hall–Kier alpha value is -1.85. The zero-order valence-corrected chi connectivity index (χ0v) is 12.9. The van der Waals surface area contributed by atoms with Gasteiger partial charge in [-0.1, -0.05) is 29.8 Å². The van der Waals surface area contributed by atoms with Crippen molar-refractivity contribution in [3.8, 4) is 0 Å². The van der Waals surface area contributed by atoms with Crippen LogP contribution < -0.4 is 5.32 Å². The highest BCUT2D eigenvalue weighted by molar-refractivity contribution is 7.10. The van der Waals surface area contributed by atoms with E-state index in [1.807, 2.05) is 29.6 Å². The van der Waals surface area contributed by atoms with Crippen molar-refractivity contribution in [2.24, 2.45) is 0 Å². The normalized spacial score (nSPS) is 21.7. The van der Waals surface area contributed by atoms with Crippen LogP contribution >= 0.6 is 22.9 Å². The van der Waals surface area contributed by atoms with E-state index in [-0.39, 0.29) is 18.5 Å². The molecule has 1 aromatic carbocycles. The number of hydrogen-bond acceptors (Lipinski definition) is 3. The Morgan fingerprint density at radius 1 is 1.24 bits per heavy atom. The van der Waals surface area contributed by atoms with E-state index in [0.29, 0.717) is 5.02 Å². The molecule has 3 rings (SSSR count). The first-order valence-corrected chi connectivity index (χ1v) is 7.69. The van der Waals surface area contributed by atoms with Gasteiger partial charge >= 0.3 is 6.03 Å². The molecule has 0 spiro atoms. The molecular weight excluding hydrogens is 308 g/mol. The highest BCUT2D eigenvalue weighted by Gasteiger charge is 2.49. The van der Waals surface area contributed by atoms with Gasteiger partial charge in [-0.3, -0.25) is 9.69 Å². The third-order valence-corrected chi connectivity index (χ3v) is 4.89. The number of amides is 3. The van der Waals surface area contributed by atoms with Crippen LogP contribution in [0.4, 0.5) is 4.79 Å². The molecule has 4 nitrogen and oxygen atoms in total. The fourth-order valence-corrected chi connectivity index (χ4v) is 3.30. The Labute approximate surface area is 131 Å². The Bertz CT molecular complexity index is 684. The van der Waals surface area contributed by atoms with E-state index in [9.17, 15) is 9.59 Å². The first-order valence-electron chi connectivity index (χ1n) is 6.43. The van der Waals surface area contributed by atoms with Gasteiger partial charge < -0.3 is 5.32 Å². The molecule has 3 amide bonds. The number of rotatable bonds is 3. The standard InChI is InChI=1S/C15H13ClN2O2S/c1-15(12-3-2-8-21-12)13(19)18(14(20)17-15)9-10-4-6-11(16)7-5-10/h2-8H,9H2,1H3,(H,17,20). The van der Waals surface area contributed by atoms with Gasteiger partial charge in [0.05, 0.1) is 6.54 Å². The smallest absolute Gasteiger partial charge is 0.319 e. The molecule has 1 aliphatic heterocycles. The van der Waals surface area contributed by atoms with Crippen LogP contribution in [0.25, 0.3) is 0 Å². The van der Waals surface area contributed by atoms with Gasteiger partial charge in [-0.15, -0.1) is 11.3 Å². The van der Waals surface area contributed by atoms with Crippen molar-refractivity contribution in [2.45, 2.75) is 19.0 Å². The minimum absolute atomic E-state index is 0.232. The van der Waals surface area contributed by atoms with E-state index in [0.717, 1.165) is 10.4 Å². The maximum atomic E-state index is 12.6. The molecule has 1 N–H and O–H groups in total. The quantitative estimate of drug-likeness (QED) is 0.881. The van der Waals surface area contributed by atoms with Gasteiger partial charge in [0.25, 0.3) is 5.91 Å². The molecule has 0 radical (unpaired) electrons. The van der Waals surface area contributed by atoms with Crippen molar-refractivity contribution in [3.05, 3.63) is 57.2 Å². The molecule has 1 unspecified atom stereocenters. The monoisotopic (exact) mass is 320 g/mol. The molecule has 108 valence electrons. The molecule has 0 saturated carbocycles. The molecule has 1 aliphatic rings. The maximum Gasteiger partial charge on any atom is 0.325 e. The lowest BCUT2D eigenvalue weighted by Gasteiger charge is -2.20. The van der Waals surface area contributed by atoms with E-state index in [1.54, 1.807) is 19.1 Å². The first kappa shape index (κ1) is 14.1. The molecular formula is C15H13ClN2O2S. The van der Waals surface area contributed by atoms with Crippen LogP contribution in [0.1, 0.15) is 17.4 Å². The Morgan fingerprint density at radius 3 is 2.57 bits per heavy atom. The molecule has 1 fully saturated rings. The number of hydrogen-bond donors (Lipinski definition) is 1. The highest BCUT2D eigenvalue weighted by Crippen LogP contribution is 2.32. The third kappa shape index (κ3) is 2.43. The predicted molar refractivity (Wildman–Crippen MR) is 82.2 cm³/mol. The van der Waals surface area contributed by atoms with E-state index >= 15 is 0 Å². The summed E-state index contributed by atoms with van der Waals surface area (Å²) in [6.07, 6.45) is 0. The van der Waals surface area contributed by atoms with Crippen molar-refractivity contribution in [1.29, 1.82) is 0 Å². The van der Waals surface area contributed by atoms with Gasteiger partial charge in [0.15, 0.2) is 5.54 Å². The fourth-order valence-electron chi connectivity index (χ4n) is 2.34. The fraction of sp³-hybridized carbons (Fsp3) is 0.200. The lowest BCUT2D eigenvalue weighted by atomic mass is 10.0. The van der Waals surface area contributed by atoms with Crippen molar-refractivity contribution in [2.75, 3.05) is 0 Å². The summed E-state index contributed by atoms with van der Waals surface area (Å²) in [5.41, 5.74) is -0.115. The van der Waals surface area contributed by atoms with Gasteiger partial charge in [0.1, 0.15) is 0 Å². The summed E-state index contributed by atoms with van der Waals surface area (Å²) in [4.78, 5) is 26.8. The van der Waals surface area contributed by atoms with Crippen LogP contribution in [0.15, 0.2) is 41.8 Å². The second-order valence-corrected chi connectivity index (χ2v) is 6.43. The van der Waals surface area contributed by atoms with Crippen molar-refractivity contribution < 1.29 is 9.59 Å². The Morgan fingerprint density at radius 2 is 1.95 bits per heavy atom. The number of nitrogens with zero attached hydrogens (tertiary/aromatic N) is 1. The van der Waals surface area contributed by atoms with Crippen LogP contribution in [0.2, 0.25) is 5.02 Å². The van der Waals surface area contributed by atoms with Crippen LogP contribution in [0.3, 0.4) is 0 Å². The maximum absolute atomic E-state index is 12.6. The minimum Gasteiger partial charge on any atom is -0.319 e. The number of benzene rings is 1. The number of carbonyl (C=O) groups is 2. The number of halogens is 1. The van der Waals surface area contributed by atoms with Crippen LogP contribution in [0, 0.1) is 0 Å². The summed E-state index contributed by atoms with van der Waals surface area (Å²) in [7, 11) is 0. The molecule has 21 heavy (non-hydrogen) atoms. The molecule has 0 aliphatic carbocycles. The summed E-state index contributed by atoms with van der Waals surface area (Å²) < 4.78 is 0. The average molecular weight is 321 g/mol. The predicted octanol–water partition coefficient (Wildman–Crippen LogP) is 3.37. The van der Waals surface area contributed by atoms with E-state index in [1.165, 1.54) is 16.2 Å². The summed E-state index contributed by atoms with van der Waals surface area (Å²) in [5.74, 6) is -0.232. The van der Waals surface area contributed by atoms with E-state index in [4.69, 9.17) is 11.6 Å². The molecule has 1 atom stereocenters. The van der Waals surface area contributed by atoms with Gasteiger partial charge in [-0.05, 0) is 36.1 Å². The van der Waals surface area contributed by atoms with Crippen molar-refractivity contribution >= 4 is 34.9 Å². The highest BCUT2D eigenvalue weighted by atomic mass is 35.5. The zero-order valence-electron chi connectivity index (χ0n) is 11.3. The molecule has 0 bridgehead atoms. The Balaban J connectivity index is 1.86.